The maximum absolute atomic E-state index is 13.9. The summed E-state index contributed by atoms with van der Waals surface area (Å²) in [4.78, 5) is 19.9. The van der Waals surface area contributed by atoms with E-state index in [9.17, 15) is 13.6 Å². The highest BCUT2D eigenvalue weighted by molar-refractivity contribution is 5.91. The van der Waals surface area contributed by atoms with Gasteiger partial charge in [0.2, 0.25) is 5.91 Å². The fraction of sp³-hybridized carbons (Fsp3) is 0.167. The van der Waals surface area contributed by atoms with E-state index in [0.717, 1.165) is 33.3 Å². The second kappa shape index (κ2) is 8.45. The van der Waals surface area contributed by atoms with E-state index in [4.69, 9.17) is 0 Å². The number of hydrogen-bond donors (Lipinski definition) is 2. The smallest absolute Gasteiger partial charge is 0.220 e. The number of amides is 1. The molecule has 2 N–H and O–H groups in total. The Labute approximate surface area is 173 Å². The number of carbonyl (C=O) groups excluding carboxylic acids is 1. The molecule has 152 valence electrons. The van der Waals surface area contributed by atoms with Crippen molar-refractivity contribution in [1.82, 2.24) is 15.3 Å². The van der Waals surface area contributed by atoms with Gasteiger partial charge in [-0.15, -0.1) is 0 Å². The fourth-order valence-corrected chi connectivity index (χ4v) is 3.61. The van der Waals surface area contributed by atoms with Gasteiger partial charge in [0.25, 0.3) is 0 Å². The fourth-order valence-electron chi connectivity index (χ4n) is 3.61. The summed E-state index contributed by atoms with van der Waals surface area (Å²) in [5.41, 5.74) is 4.08. The molecule has 0 aliphatic heterocycles. The van der Waals surface area contributed by atoms with E-state index in [1.807, 2.05) is 19.1 Å². The van der Waals surface area contributed by atoms with Crippen LogP contribution in [0.3, 0.4) is 0 Å². The Hall–Kier alpha value is -3.54. The standard InChI is InChI=1S/C24H21F2N3O/c1-15(17-3-2-12-27-14-17)28-23(30)11-9-20-21-13-19(26)8-10-22(21)29-24(20)16-4-6-18(25)7-5-16/h2-8,10,12-15,29H,9,11H2,1H3,(H,28,30). The van der Waals surface area contributed by atoms with Crippen molar-refractivity contribution in [1.29, 1.82) is 0 Å². The zero-order valence-electron chi connectivity index (χ0n) is 16.5. The number of aryl methyl sites for hydroxylation is 1. The Kier molecular flexibility index (Phi) is 5.57. The molecule has 4 nitrogen and oxygen atoms in total. The zero-order valence-corrected chi connectivity index (χ0v) is 16.5. The molecule has 0 saturated carbocycles. The number of benzene rings is 2. The maximum atomic E-state index is 13.9. The lowest BCUT2D eigenvalue weighted by Crippen LogP contribution is -2.26. The number of rotatable bonds is 6. The van der Waals surface area contributed by atoms with Crippen LogP contribution in [0.15, 0.2) is 67.0 Å². The van der Waals surface area contributed by atoms with Gasteiger partial charge >= 0.3 is 0 Å². The summed E-state index contributed by atoms with van der Waals surface area (Å²) in [6, 6.07) is 14.2. The summed E-state index contributed by atoms with van der Waals surface area (Å²) in [5, 5.41) is 3.70. The molecule has 2 aromatic carbocycles. The molecule has 2 aromatic heterocycles. The van der Waals surface area contributed by atoms with E-state index in [2.05, 4.69) is 15.3 Å². The summed E-state index contributed by atoms with van der Waals surface area (Å²) in [6.07, 6.45) is 4.06. The van der Waals surface area contributed by atoms with Gasteiger partial charge in [0, 0.05) is 35.4 Å². The molecular formula is C24H21F2N3O. The van der Waals surface area contributed by atoms with Gasteiger partial charge in [-0.1, -0.05) is 6.07 Å². The van der Waals surface area contributed by atoms with E-state index in [0.29, 0.717) is 6.42 Å². The van der Waals surface area contributed by atoms with Crippen molar-refractivity contribution in [3.8, 4) is 11.3 Å². The van der Waals surface area contributed by atoms with Gasteiger partial charge in [-0.2, -0.15) is 0 Å². The molecular weight excluding hydrogens is 384 g/mol. The zero-order chi connectivity index (χ0) is 21.1. The van der Waals surface area contributed by atoms with Crippen LogP contribution in [0.25, 0.3) is 22.2 Å². The molecule has 0 aliphatic rings. The third-order valence-electron chi connectivity index (χ3n) is 5.17. The molecule has 0 radical (unpaired) electrons. The summed E-state index contributed by atoms with van der Waals surface area (Å²) in [6.45, 7) is 1.90. The Morgan fingerprint density at radius 2 is 1.87 bits per heavy atom. The molecule has 0 spiro atoms. The molecule has 0 bridgehead atoms. The summed E-state index contributed by atoms with van der Waals surface area (Å²) < 4.78 is 27.2. The number of fused-ring (bicyclic) bond motifs is 1. The predicted octanol–water partition coefficient (Wildman–Crippen LogP) is 5.32. The Bertz CT molecular complexity index is 1170. The van der Waals surface area contributed by atoms with Gasteiger partial charge in [0.15, 0.2) is 0 Å². The first kappa shape index (κ1) is 19.8. The van der Waals surface area contributed by atoms with Crippen LogP contribution in [0.4, 0.5) is 8.78 Å². The van der Waals surface area contributed by atoms with Gasteiger partial charge in [-0.05, 0) is 78.6 Å². The number of pyridine rings is 1. The predicted molar refractivity (Wildman–Crippen MR) is 113 cm³/mol. The van der Waals surface area contributed by atoms with Crippen LogP contribution < -0.4 is 5.32 Å². The maximum Gasteiger partial charge on any atom is 0.220 e. The first-order valence-electron chi connectivity index (χ1n) is 9.76. The highest BCUT2D eigenvalue weighted by atomic mass is 19.1. The number of halogens is 2. The number of nitrogens with zero attached hydrogens (tertiary/aromatic N) is 1. The molecule has 4 aromatic rings. The average molecular weight is 405 g/mol. The Morgan fingerprint density at radius 1 is 1.10 bits per heavy atom. The number of aromatic nitrogens is 2. The molecule has 6 heteroatoms. The second-order valence-corrected chi connectivity index (χ2v) is 7.25. The minimum atomic E-state index is -0.344. The molecule has 0 aliphatic carbocycles. The monoisotopic (exact) mass is 405 g/mol. The number of carbonyl (C=O) groups is 1. The Morgan fingerprint density at radius 3 is 2.60 bits per heavy atom. The van der Waals surface area contributed by atoms with Crippen LogP contribution in [-0.4, -0.2) is 15.9 Å². The largest absolute Gasteiger partial charge is 0.354 e. The molecule has 4 rings (SSSR count). The van der Waals surface area contributed by atoms with Crippen molar-refractivity contribution < 1.29 is 13.6 Å². The minimum absolute atomic E-state index is 0.109. The number of H-pyrrole nitrogens is 1. The van der Waals surface area contributed by atoms with Crippen molar-refractivity contribution >= 4 is 16.8 Å². The van der Waals surface area contributed by atoms with Crippen LogP contribution in [0.2, 0.25) is 0 Å². The molecule has 1 atom stereocenters. The van der Waals surface area contributed by atoms with Crippen LogP contribution in [-0.2, 0) is 11.2 Å². The first-order valence-corrected chi connectivity index (χ1v) is 9.76. The van der Waals surface area contributed by atoms with Crippen LogP contribution >= 0.6 is 0 Å². The molecule has 2 heterocycles. The lowest BCUT2D eigenvalue weighted by atomic mass is 10.0. The molecule has 30 heavy (non-hydrogen) atoms. The van der Waals surface area contributed by atoms with E-state index < -0.39 is 0 Å². The third-order valence-corrected chi connectivity index (χ3v) is 5.17. The van der Waals surface area contributed by atoms with Crippen molar-refractivity contribution in [2.45, 2.75) is 25.8 Å². The quantitative estimate of drug-likeness (QED) is 0.456. The molecule has 1 unspecified atom stereocenters. The van der Waals surface area contributed by atoms with Crippen molar-refractivity contribution in [3.05, 3.63) is 89.8 Å². The van der Waals surface area contributed by atoms with E-state index in [1.54, 1.807) is 30.6 Å². The molecule has 0 fully saturated rings. The lowest BCUT2D eigenvalue weighted by molar-refractivity contribution is -0.121. The third kappa shape index (κ3) is 4.22. The van der Waals surface area contributed by atoms with Crippen LogP contribution in [0.1, 0.15) is 30.5 Å². The lowest BCUT2D eigenvalue weighted by Gasteiger charge is -2.14. The number of aromatic amines is 1. The van der Waals surface area contributed by atoms with Crippen molar-refractivity contribution in [2.24, 2.45) is 0 Å². The van der Waals surface area contributed by atoms with Gasteiger partial charge in [0.1, 0.15) is 11.6 Å². The highest BCUT2D eigenvalue weighted by Gasteiger charge is 2.16. The summed E-state index contributed by atoms with van der Waals surface area (Å²) in [5.74, 6) is -0.781. The minimum Gasteiger partial charge on any atom is -0.354 e. The topological polar surface area (TPSA) is 57.8 Å². The molecule has 0 saturated heterocycles. The average Bonchev–Trinajstić information content (AvgIpc) is 3.11. The van der Waals surface area contributed by atoms with Gasteiger partial charge in [-0.3, -0.25) is 9.78 Å². The van der Waals surface area contributed by atoms with Gasteiger partial charge in [0.05, 0.1) is 6.04 Å². The van der Waals surface area contributed by atoms with Crippen molar-refractivity contribution in [2.75, 3.05) is 0 Å². The molecule has 1 amide bonds. The van der Waals surface area contributed by atoms with Crippen LogP contribution in [0.5, 0.6) is 0 Å². The van der Waals surface area contributed by atoms with E-state index in [1.165, 1.54) is 24.3 Å². The van der Waals surface area contributed by atoms with E-state index >= 15 is 0 Å². The summed E-state index contributed by atoms with van der Waals surface area (Å²) in [7, 11) is 0. The Balaban J connectivity index is 1.58. The van der Waals surface area contributed by atoms with E-state index in [-0.39, 0.29) is 30.0 Å². The number of hydrogen-bond acceptors (Lipinski definition) is 2. The second-order valence-electron chi connectivity index (χ2n) is 7.25. The van der Waals surface area contributed by atoms with Crippen LogP contribution in [0, 0.1) is 11.6 Å². The first-order chi connectivity index (χ1) is 14.5. The SMILES string of the molecule is CC(NC(=O)CCc1c(-c2ccc(F)cc2)[nH]c2ccc(F)cc12)c1cccnc1. The normalized spacial score (nSPS) is 12.1. The summed E-state index contributed by atoms with van der Waals surface area (Å²) >= 11 is 0. The van der Waals surface area contributed by atoms with Crippen molar-refractivity contribution in [3.63, 3.8) is 0 Å². The highest BCUT2D eigenvalue weighted by Crippen LogP contribution is 2.32. The number of nitrogens with one attached hydrogen (secondary N) is 2. The van der Waals surface area contributed by atoms with Gasteiger partial charge in [-0.25, -0.2) is 8.78 Å². The van der Waals surface area contributed by atoms with Gasteiger partial charge < -0.3 is 10.3 Å².